The van der Waals surface area contributed by atoms with Crippen molar-refractivity contribution in [2.75, 3.05) is 27.2 Å². The first-order chi connectivity index (χ1) is 8.04. The molecule has 17 heavy (non-hydrogen) atoms. The standard InChI is InChI=1S/C9H12N4O4/c1-13(2)8(17)9(12-7-16,3-10-5-14)4-11-6-15/h7H,3-4H2,1-2H3,(H,12,16). The molecule has 0 saturated heterocycles. The van der Waals surface area contributed by atoms with Gasteiger partial charge in [0, 0.05) is 14.1 Å². The average molecular weight is 240 g/mol. The van der Waals surface area contributed by atoms with Crippen LogP contribution in [0, 0.1) is 0 Å². The van der Waals surface area contributed by atoms with Gasteiger partial charge in [0.1, 0.15) is 0 Å². The predicted molar refractivity (Wildman–Crippen MR) is 56.6 cm³/mol. The average Bonchev–Trinajstić information content (AvgIpc) is 2.32. The fourth-order valence-corrected chi connectivity index (χ4v) is 1.21. The van der Waals surface area contributed by atoms with Crippen molar-refractivity contribution in [3.8, 4) is 0 Å². The molecule has 1 N–H and O–H groups in total. The smallest absolute Gasteiger partial charge is 0.251 e. The van der Waals surface area contributed by atoms with Gasteiger partial charge < -0.3 is 10.2 Å². The molecule has 2 amide bonds. The number of carbonyl (C=O) groups excluding carboxylic acids is 4. The molecule has 0 atom stereocenters. The molecule has 0 saturated carbocycles. The second-order valence-electron chi connectivity index (χ2n) is 3.36. The summed E-state index contributed by atoms with van der Waals surface area (Å²) in [4.78, 5) is 50.3. The van der Waals surface area contributed by atoms with E-state index in [1.54, 1.807) is 0 Å². The Labute approximate surface area is 97.4 Å². The summed E-state index contributed by atoms with van der Waals surface area (Å²) >= 11 is 0. The molecule has 0 heterocycles. The summed E-state index contributed by atoms with van der Waals surface area (Å²) in [6.07, 6.45) is 2.80. The largest absolute Gasteiger partial charge is 0.347 e. The quantitative estimate of drug-likeness (QED) is 0.322. The Morgan fingerprint density at radius 3 is 2.06 bits per heavy atom. The van der Waals surface area contributed by atoms with Crippen LogP contribution in [-0.4, -0.2) is 62.1 Å². The van der Waals surface area contributed by atoms with Crippen LogP contribution >= 0.6 is 0 Å². The molecular weight excluding hydrogens is 228 g/mol. The second-order valence-corrected chi connectivity index (χ2v) is 3.36. The highest BCUT2D eigenvalue weighted by Gasteiger charge is 2.39. The van der Waals surface area contributed by atoms with Crippen LogP contribution in [0.5, 0.6) is 0 Å². The van der Waals surface area contributed by atoms with Gasteiger partial charge in [0.05, 0.1) is 13.1 Å². The number of nitrogens with one attached hydrogen (secondary N) is 1. The highest BCUT2D eigenvalue weighted by atomic mass is 16.2. The molecule has 8 nitrogen and oxygen atoms in total. The van der Waals surface area contributed by atoms with E-state index >= 15 is 0 Å². The van der Waals surface area contributed by atoms with Crippen LogP contribution in [0.3, 0.4) is 0 Å². The number of nitrogens with zero attached hydrogens (tertiary/aromatic N) is 3. The first-order valence-electron chi connectivity index (χ1n) is 4.54. The third-order valence-electron chi connectivity index (χ3n) is 1.98. The minimum Gasteiger partial charge on any atom is -0.347 e. The van der Waals surface area contributed by atoms with Crippen molar-refractivity contribution >= 4 is 24.5 Å². The van der Waals surface area contributed by atoms with Gasteiger partial charge in [-0.05, 0) is 0 Å². The fraction of sp³-hybridized carbons (Fsp3) is 0.556. The van der Waals surface area contributed by atoms with Crippen LogP contribution in [0.1, 0.15) is 0 Å². The molecule has 0 aromatic rings. The third kappa shape index (κ3) is 3.98. The molecule has 0 rings (SSSR count). The second kappa shape index (κ2) is 7.05. The first-order valence-corrected chi connectivity index (χ1v) is 4.54. The summed E-state index contributed by atoms with van der Waals surface area (Å²) in [6.45, 7) is -0.700. The minimum atomic E-state index is -1.56. The van der Waals surface area contributed by atoms with Crippen molar-refractivity contribution in [1.29, 1.82) is 0 Å². The summed E-state index contributed by atoms with van der Waals surface area (Å²) in [5, 5.41) is 2.23. The van der Waals surface area contributed by atoms with E-state index < -0.39 is 11.4 Å². The lowest BCUT2D eigenvalue weighted by Crippen LogP contribution is -2.60. The van der Waals surface area contributed by atoms with Gasteiger partial charge in [0.2, 0.25) is 18.6 Å². The third-order valence-corrected chi connectivity index (χ3v) is 1.98. The van der Waals surface area contributed by atoms with Crippen LogP contribution in [0.25, 0.3) is 0 Å². The molecule has 0 aliphatic heterocycles. The van der Waals surface area contributed by atoms with E-state index in [1.807, 2.05) is 0 Å². The van der Waals surface area contributed by atoms with Crippen molar-refractivity contribution in [2.24, 2.45) is 9.98 Å². The lowest BCUT2D eigenvalue weighted by molar-refractivity contribution is -0.136. The van der Waals surface area contributed by atoms with Crippen LogP contribution < -0.4 is 5.32 Å². The van der Waals surface area contributed by atoms with Gasteiger partial charge in [-0.2, -0.15) is 0 Å². The molecule has 0 aliphatic rings. The van der Waals surface area contributed by atoms with Gasteiger partial charge in [0.25, 0.3) is 5.91 Å². The number of isocyanates is 2. The lowest BCUT2D eigenvalue weighted by Gasteiger charge is -2.30. The molecular formula is C9H12N4O4. The van der Waals surface area contributed by atoms with Crippen LogP contribution in [-0.2, 0) is 19.2 Å². The lowest BCUT2D eigenvalue weighted by atomic mass is 9.98. The van der Waals surface area contributed by atoms with Gasteiger partial charge in [-0.1, -0.05) is 0 Å². The maximum absolute atomic E-state index is 11.9. The maximum Gasteiger partial charge on any atom is 0.251 e. The van der Waals surface area contributed by atoms with Gasteiger partial charge in [-0.25, -0.2) is 19.6 Å². The van der Waals surface area contributed by atoms with E-state index in [4.69, 9.17) is 0 Å². The molecule has 0 aromatic heterocycles. The fourth-order valence-electron chi connectivity index (χ4n) is 1.21. The maximum atomic E-state index is 11.9. The number of hydrogen-bond donors (Lipinski definition) is 1. The zero-order valence-corrected chi connectivity index (χ0v) is 9.47. The molecule has 0 fully saturated rings. The Hall–Kier alpha value is -2.30. The van der Waals surface area contributed by atoms with Crippen molar-refractivity contribution < 1.29 is 19.2 Å². The van der Waals surface area contributed by atoms with E-state index in [0.29, 0.717) is 0 Å². The molecule has 92 valence electrons. The molecule has 0 aromatic carbocycles. The van der Waals surface area contributed by atoms with Crippen molar-refractivity contribution in [3.05, 3.63) is 0 Å². The van der Waals surface area contributed by atoms with Gasteiger partial charge in [0.15, 0.2) is 5.54 Å². The topological polar surface area (TPSA) is 108 Å². The van der Waals surface area contributed by atoms with Gasteiger partial charge in [-0.15, -0.1) is 0 Å². The Bertz CT molecular complexity index is 360. The predicted octanol–water partition coefficient (Wildman–Crippen LogP) is -1.77. The summed E-state index contributed by atoms with van der Waals surface area (Å²) in [7, 11) is 2.91. The Morgan fingerprint density at radius 1 is 1.29 bits per heavy atom. The molecule has 0 spiro atoms. The summed E-state index contributed by atoms with van der Waals surface area (Å²) in [5.74, 6) is -0.539. The number of amides is 2. The van der Waals surface area contributed by atoms with E-state index in [0.717, 1.165) is 0 Å². The summed E-state index contributed by atoms with van der Waals surface area (Å²) in [5.41, 5.74) is -1.56. The number of rotatable bonds is 7. The molecule has 0 bridgehead atoms. The van der Waals surface area contributed by atoms with Crippen molar-refractivity contribution in [1.82, 2.24) is 10.2 Å². The molecule has 0 radical (unpaired) electrons. The molecule has 8 heteroatoms. The first kappa shape index (κ1) is 14.7. The summed E-state index contributed by atoms with van der Waals surface area (Å²) < 4.78 is 0. The Kier molecular flexibility index (Phi) is 6.10. The van der Waals surface area contributed by atoms with Crippen LogP contribution in [0.4, 0.5) is 0 Å². The molecule has 0 aliphatic carbocycles. The van der Waals surface area contributed by atoms with E-state index in [1.165, 1.54) is 31.2 Å². The van der Waals surface area contributed by atoms with E-state index in [-0.39, 0.29) is 19.5 Å². The highest BCUT2D eigenvalue weighted by Crippen LogP contribution is 2.09. The zero-order chi connectivity index (χ0) is 13.3. The minimum absolute atomic E-state index is 0.280. The Balaban J connectivity index is 5.33. The summed E-state index contributed by atoms with van der Waals surface area (Å²) in [6, 6.07) is 0. The van der Waals surface area contributed by atoms with Gasteiger partial charge in [-0.3, -0.25) is 9.59 Å². The number of hydrogen-bond acceptors (Lipinski definition) is 6. The van der Waals surface area contributed by atoms with Gasteiger partial charge >= 0.3 is 0 Å². The Morgan fingerprint density at radius 2 is 1.76 bits per heavy atom. The van der Waals surface area contributed by atoms with Crippen molar-refractivity contribution in [2.45, 2.75) is 5.54 Å². The zero-order valence-electron chi connectivity index (χ0n) is 9.47. The molecule has 0 unspecified atom stereocenters. The van der Waals surface area contributed by atoms with E-state index in [9.17, 15) is 19.2 Å². The van der Waals surface area contributed by atoms with Crippen molar-refractivity contribution in [3.63, 3.8) is 0 Å². The number of likely N-dealkylation sites (N-methyl/N-ethyl adjacent to an activating group) is 1. The monoisotopic (exact) mass is 240 g/mol. The highest BCUT2D eigenvalue weighted by molar-refractivity contribution is 5.89. The number of carbonyl (C=O) groups is 2. The number of aliphatic imine (C=N–C) groups is 2. The van der Waals surface area contributed by atoms with Crippen LogP contribution in [0.2, 0.25) is 0 Å². The van der Waals surface area contributed by atoms with Crippen LogP contribution in [0.15, 0.2) is 9.98 Å². The van der Waals surface area contributed by atoms with E-state index in [2.05, 4.69) is 15.3 Å². The normalized spacial score (nSPS) is 12.4. The SMILES string of the molecule is CN(C)C(=O)C(CN=C=O)(CN=C=O)NC=O.